The van der Waals surface area contributed by atoms with Gasteiger partial charge >= 0.3 is 5.76 Å². The second kappa shape index (κ2) is 9.06. The zero-order valence-corrected chi connectivity index (χ0v) is 19.2. The molecule has 1 aromatic heterocycles. The van der Waals surface area contributed by atoms with E-state index < -0.39 is 28.8 Å². The van der Waals surface area contributed by atoms with Gasteiger partial charge in [0, 0.05) is 20.1 Å². The van der Waals surface area contributed by atoms with Crippen LogP contribution >= 0.6 is 0 Å². The second-order valence-electron chi connectivity index (χ2n) is 8.92. The summed E-state index contributed by atoms with van der Waals surface area (Å²) in [6.45, 7) is 2.04. The smallest absolute Gasteiger partial charge is 0.408 e. The molecule has 0 aliphatic carbocycles. The Kier molecular flexibility index (Phi) is 6.32. The third kappa shape index (κ3) is 4.23. The van der Waals surface area contributed by atoms with E-state index in [2.05, 4.69) is 11.4 Å². The van der Waals surface area contributed by atoms with E-state index in [4.69, 9.17) is 14.9 Å². The molecule has 1 aliphatic rings. The number of carbonyl (C=O) groups is 1. The van der Waals surface area contributed by atoms with Crippen molar-refractivity contribution in [3.05, 3.63) is 58.6 Å². The molecular formula is C25H28N4O5. The average Bonchev–Trinajstić information content (AvgIpc) is 3.00. The highest BCUT2D eigenvalue weighted by Gasteiger charge is 2.49. The van der Waals surface area contributed by atoms with Crippen molar-refractivity contribution < 1.29 is 19.1 Å². The summed E-state index contributed by atoms with van der Waals surface area (Å²) in [4.78, 5) is 24.2. The van der Waals surface area contributed by atoms with Crippen LogP contribution in [0.1, 0.15) is 18.9 Å². The third-order valence-corrected chi connectivity index (χ3v) is 6.75. The number of nitriles is 1. The number of aromatic nitrogens is 1. The van der Waals surface area contributed by atoms with Gasteiger partial charge in [-0.25, -0.2) is 4.79 Å². The second-order valence-corrected chi connectivity index (χ2v) is 8.92. The lowest BCUT2D eigenvalue weighted by Crippen LogP contribution is -2.57. The number of oxazole rings is 1. The summed E-state index contributed by atoms with van der Waals surface area (Å²) >= 11 is 0. The van der Waals surface area contributed by atoms with Crippen LogP contribution in [-0.2, 0) is 23.0 Å². The van der Waals surface area contributed by atoms with Crippen LogP contribution in [0, 0.1) is 17.2 Å². The monoisotopic (exact) mass is 464 g/mol. The quantitative estimate of drug-likeness (QED) is 0.501. The molecule has 0 saturated carbocycles. The molecule has 0 radical (unpaired) electrons. The number of aliphatic hydroxyl groups is 1. The average molecular weight is 465 g/mol. The van der Waals surface area contributed by atoms with E-state index in [-0.39, 0.29) is 26.1 Å². The van der Waals surface area contributed by atoms with E-state index in [1.165, 1.54) is 4.57 Å². The highest BCUT2D eigenvalue weighted by atomic mass is 16.5. The van der Waals surface area contributed by atoms with Crippen LogP contribution in [-0.4, -0.2) is 46.5 Å². The van der Waals surface area contributed by atoms with Gasteiger partial charge in [0.1, 0.15) is 5.60 Å². The van der Waals surface area contributed by atoms with Crippen molar-refractivity contribution in [1.82, 2.24) is 9.88 Å². The SMILES string of the molecule is CCC1(O)CNCC(C(N)=O)([C@H](C#N)Cc2ccc(-c3ccc4oc(=O)n(C)c4c3)cc2)OC1. The maximum absolute atomic E-state index is 12.5. The lowest BCUT2D eigenvalue weighted by atomic mass is 9.82. The molecule has 9 heteroatoms. The number of amides is 1. The van der Waals surface area contributed by atoms with Crippen molar-refractivity contribution in [1.29, 1.82) is 5.26 Å². The Morgan fingerprint density at radius 2 is 1.97 bits per heavy atom. The first-order valence-electron chi connectivity index (χ1n) is 11.2. The number of nitrogens with one attached hydrogen (secondary N) is 1. The highest BCUT2D eigenvalue weighted by Crippen LogP contribution is 2.30. The number of benzene rings is 2. The van der Waals surface area contributed by atoms with Crippen molar-refractivity contribution in [2.75, 3.05) is 19.7 Å². The van der Waals surface area contributed by atoms with Crippen molar-refractivity contribution in [3.63, 3.8) is 0 Å². The minimum absolute atomic E-state index is 0.0460. The van der Waals surface area contributed by atoms with Gasteiger partial charge in [-0.05, 0) is 41.7 Å². The number of nitrogens with two attached hydrogens (primary N) is 1. The summed E-state index contributed by atoms with van der Waals surface area (Å²) in [6.07, 6.45) is 0.688. The van der Waals surface area contributed by atoms with Crippen molar-refractivity contribution >= 4 is 17.0 Å². The maximum Gasteiger partial charge on any atom is 0.419 e. The summed E-state index contributed by atoms with van der Waals surface area (Å²) in [5.74, 6) is -2.00. The van der Waals surface area contributed by atoms with Crippen LogP contribution in [0.3, 0.4) is 0 Å². The van der Waals surface area contributed by atoms with E-state index in [0.717, 1.165) is 16.7 Å². The molecule has 1 fully saturated rings. The Hall–Kier alpha value is -3.45. The van der Waals surface area contributed by atoms with Gasteiger partial charge in [-0.3, -0.25) is 9.36 Å². The number of aryl methyl sites for hydroxylation is 1. The lowest BCUT2D eigenvalue weighted by molar-refractivity contribution is -0.155. The zero-order valence-electron chi connectivity index (χ0n) is 19.2. The number of nitrogens with zero attached hydrogens (tertiary/aromatic N) is 2. The van der Waals surface area contributed by atoms with E-state index in [0.29, 0.717) is 17.5 Å². The normalized spacial score (nSPS) is 23.8. The maximum atomic E-state index is 12.5. The van der Waals surface area contributed by atoms with Gasteiger partial charge in [-0.1, -0.05) is 37.3 Å². The minimum atomic E-state index is -1.55. The molecule has 3 aromatic rings. The molecule has 1 amide bonds. The fraction of sp³-hybridized carbons (Fsp3) is 0.400. The molecule has 4 rings (SSSR count). The van der Waals surface area contributed by atoms with Gasteiger partial charge in [0.2, 0.25) is 0 Å². The molecule has 34 heavy (non-hydrogen) atoms. The molecule has 9 nitrogen and oxygen atoms in total. The summed E-state index contributed by atoms with van der Waals surface area (Å²) in [6, 6.07) is 15.3. The molecule has 1 saturated heterocycles. The van der Waals surface area contributed by atoms with Crippen molar-refractivity contribution in [2.45, 2.75) is 31.0 Å². The van der Waals surface area contributed by atoms with Crippen LogP contribution in [0.25, 0.3) is 22.2 Å². The van der Waals surface area contributed by atoms with E-state index >= 15 is 0 Å². The Morgan fingerprint density at radius 1 is 1.26 bits per heavy atom. The highest BCUT2D eigenvalue weighted by molar-refractivity contribution is 5.85. The number of rotatable bonds is 6. The number of fused-ring (bicyclic) bond motifs is 1. The predicted octanol–water partition coefficient (Wildman–Crippen LogP) is 1.47. The molecule has 2 unspecified atom stereocenters. The molecular weight excluding hydrogens is 436 g/mol. The van der Waals surface area contributed by atoms with E-state index in [9.17, 15) is 20.0 Å². The first-order chi connectivity index (χ1) is 16.2. The summed E-state index contributed by atoms with van der Waals surface area (Å²) < 4.78 is 12.5. The van der Waals surface area contributed by atoms with Crippen LogP contribution < -0.4 is 16.8 Å². The Labute approximate surface area is 196 Å². The van der Waals surface area contributed by atoms with Gasteiger partial charge in [0.15, 0.2) is 11.2 Å². The molecule has 3 atom stereocenters. The third-order valence-electron chi connectivity index (χ3n) is 6.75. The van der Waals surface area contributed by atoms with Gasteiger partial charge in [-0.2, -0.15) is 5.26 Å². The Bertz CT molecular complexity index is 1310. The number of hydrogen-bond donors (Lipinski definition) is 3. The molecule has 178 valence electrons. The number of hydrogen-bond acceptors (Lipinski definition) is 7. The molecule has 2 aromatic carbocycles. The van der Waals surface area contributed by atoms with E-state index in [1.807, 2.05) is 43.3 Å². The van der Waals surface area contributed by atoms with Gasteiger partial charge < -0.3 is 25.3 Å². The topological polar surface area (TPSA) is 144 Å². The molecule has 0 spiro atoms. The van der Waals surface area contributed by atoms with Crippen molar-refractivity contribution in [2.24, 2.45) is 18.7 Å². The summed E-state index contributed by atoms with van der Waals surface area (Å²) in [5, 5.41) is 23.6. The first-order valence-corrected chi connectivity index (χ1v) is 11.2. The fourth-order valence-electron chi connectivity index (χ4n) is 4.32. The lowest BCUT2D eigenvalue weighted by Gasteiger charge is -2.34. The largest absolute Gasteiger partial charge is 0.419 e. The Morgan fingerprint density at radius 3 is 2.62 bits per heavy atom. The van der Waals surface area contributed by atoms with Crippen LogP contribution in [0.4, 0.5) is 0 Å². The standard InChI is InChI=1S/C25H28N4O5/c1-3-24(32)13-28-14-25(22(27)30,33-15-24)19(12-26)10-16-4-6-17(7-5-16)18-8-9-21-20(11-18)29(2)23(31)34-21/h4-9,11,19,28,32H,3,10,13-15H2,1-2H3,(H2,27,30)/t19-,24?,25?/m0/s1. The number of carbonyl (C=O) groups excluding carboxylic acids is 1. The number of ether oxygens (including phenoxy) is 1. The molecule has 4 N–H and O–H groups in total. The molecule has 1 aliphatic heterocycles. The minimum Gasteiger partial charge on any atom is -0.408 e. The van der Waals surface area contributed by atoms with Crippen LogP contribution in [0.2, 0.25) is 0 Å². The molecule has 0 bridgehead atoms. The van der Waals surface area contributed by atoms with Gasteiger partial charge in [0.05, 0.1) is 24.1 Å². The fourth-order valence-corrected chi connectivity index (χ4v) is 4.32. The number of β-amino-alcohol motifs (C(OH)–C–C–N with tert-alkyl or cyclic N) is 1. The summed E-state index contributed by atoms with van der Waals surface area (Å²) in [5.41, 5.74) is 6.95. The van der Waals surface area contributed by atoms with Crippen LogP contribution in [0.15, 0.2) is 51.7 Å². The van der Waals surface area contributed by atoms with Crippen LogP contribution in [0.5, 0.6) is 0 Å². The number of primary amides is 1. The zero-order chi connectivity index (χ0) is 24.5. The van der Waals surface area contributed by atoms with E-state index in [1.54, 1.807) is 13.1 Å². The van der Waals surface area contributed by atoms with Gasteiger partial charge in [0.25, 0.3) is 5.91 Å². The first kappa shape index (κ1) is 23.7. The molecule has 2 heterocycles. The van der Waals surface area contributed by atoms with Crippen molar-refractivity contribution in [3.8, 4) is 17.2 Å². The predicted molar refractivity (Wildman–Crippen MR) is 126 cm³/mol. The van der Waals surface area contributed by atoms with Gasteiger partial charge in [-0.15, -0.1) is 0 Å². The summed E-state index contributed by atoms with van der Waals surface area (Å²) in [7, 11) is 1.66. The Balaban J connectivity index is 1.58.